The standard InChI is InChI=1S/C23H32N4O4S/c28-21-23(10-4-1-5-11-23)24-22(29)27(21)17-25-12-14-26(15-13-25)32(30,31)20-9-8-18-6-2-3-7-19(18)16-20/h8-9,16H,1-7,10-15,17H2,(H,24,29). The zero-order valence-electron chi connectivity index (χ0n) is 18.5. The Balaban J connectivity index is 1.22. The van der Waals surface area contributed by atoms with Crippen LogP contribution in [-0.2, 0) is 27.7 Å². The molecule has 2 saturated heterocycles. The van der Waals surface area contributed by atoms with Crippen molar-refractivity contribution in [3.05, 3.63) is 29.3 Å². The molecule has 4 aliphatic rings. The molecule has 174 valence electrons. The highest BCUT2D eigenvalue weighted by Gasteiger charge is 2.51. The molecule has 1 N–H and O–H groups in total. The minimum absolute atomic E-state index is 0.119. The molecule has 2 heterocycles. The van der Waals surface area contributed by atoms with E-state index in [0.29, 0.717) is 43.9 Å². The summed E-state index contributed by atoms with van der Waals surface area (Å²) in [5.41, 5.74) is 1.71. The van der Waals surface area contributed by atoms with Crippen molar-refractivity contribution in [1.82, 2.24) is 19.4 Å². The second-order valence-corrected chi connectivity index (χ2v) is 11.5. The Morgan fingerprint density at radius 3 is 2.28 bits per heavy atom. The van der Waals surface area contributed by atoms with E-state index in [4.69, 9.17) is 0 Å². The van der Waals surface area contributed by atoms with Crippen molar-refractivity contribution < 1.29 is 18.0 Å². The second kappa shape index (κ2) is 8.43. The first kappa shape index (κ1) is 21.9. The first-order chi connectivity index (χ1) is 15.4. The molecule has 1 aromatic carbocycles. The molecular weight excluding hydrogens is 428 g/mol. The second-order valence-electron chi connectivity index (χ2n) is 9.61. The fraction of sp³-hybridized carbons (Fsp3) is 0.652. The lowest BCUT2D eigenvalue weighted by Crippen LogP contribution is -2.53. The number of nitrogens with zero attached hydrogens (tertiary/aromatic N) is 3. The van der Waals surface area contributed by atoms with E-state index in [1.165, 1.54) is 21.2 Å². The molecule has 1 saturated carbocycles. The number of hydrogen-bond acceptors (Lipinski definition) is 5. The number of carbonyl (C=O) groups is 2. The van der Waals surface area contributed by atoms with Crippen molar-refractivity contribution in [3.63, 3.8) is 0 Å². The van der Waals surface area contributed by atoms with Crippen LogP contribution in [0.25, 0.3) is 0 Å². The Hall–Kier alpha value is -1.97. The van der Waals surface area contributed by atoms with E-state index in [1.807, 2.05) is 17.0 Å². The molecule has 0 aromatic heterocycles. The average Bonchev–Trinajstić information content (AvgIpc) is 3.03. The van der Waals surface area contributed by atoms with Crippen molar-refractivity contribution in [3.8, 4) is 0 Å². The van der Waals surface area contributed by atoms with Crippen LogP contribution in [0.1, 0.15) is 56.1 Å². The lowest BCUT2D eigenvalue weighted by molar-refractivity contribution is -0.134. The van der Waals surface area contributed by atoms with Gasteiger partial charge in [0, 0.05) is 26.2 Å². The number of nitrogens with one attached hydrogen (secondary N) is 1. The monoisotopic (exact) mass is 460 g/mol. The number of rotatable bonds is 4. The summed E-state index contributed by atoms with van der Waals surface area (Å²) in [5, 5.41) is 2.94. The highest BCUT2D eigenvalue weighted by atomic mass is 32.2. The van der Waals surface area contributed by atoms with Crippen molar-refractivity contribution in [2.45, 2.75) is 68.2 Å². The minimum atomic E-state index is -3.54. The number of fused-ring (bicyclic) bond motifs is 1. The van der Waals surface area contributed by atoms with Crippen LogP contribution >= 0.6 is 0 Å². The zero-order chi connectivity index (χ0) is 22.3. The van der Waals surface area contributed by atoms with Crippen molar-refractivity contribution in [2.24, 2.45) is 0 Å². The van der Waals surface area contributed by atoms with Gasteiger partial charge in [-0.05, 0) is 61.8 Å². The molecule has 0 atom stereocenters. The van der Waals surface area contributed by atoms with Gasteiger partial charge in [-0.25, -0.2) is 18.1 Å². The highest BCUT2D eigenvalue weighted by Crippen LogP contribution is 2.34. The minimum Gasteiger partial charge on any atom is -0.323 e. The predicted octanol–water partition coefficient (Wildman–Crippen LogP) is 2.08. The van der Waals surface area contributed by atoms with Gasteiger partial charge >= 0.3 is 6.03 Å². The number of aryl methyl sites for hydroxylation is 2. The van der Waals surface area contributed by atoms with Gasteiger partial charge < -0.3 is 5.32 Å². The van der Waals surface area contributed by atoms with Gasteiger partial charge in [0.2, 0.25) is 10.0 Å². The Bertz CT molecular complexity index is 1010. The largest absolute Gasteiger partial charge is 0.326 e. The molecule has 1 spiro atoms. The van der Waals surface area contributed by atoms with Crippen molar-refractivity contribution in [2.75, 3.05) is 32.8 Å². The molecule has 9 heteroatoms. The van der Waals surface area contributed by atoms with Gasteiger partial charge in [0.25, 0.3) is 5.91 Å². The van der Waals surface area contributed by atoms with Crippen LogP contribution in [0.2, 0.25) is 0 Å². The van der Waals surface area contributed by atoms with E-state index < -0.39 is 15.6 Å². The first-order valence-electron chi connectivity index (χ1n) is 11.9. The fourth-order valence-electron chi connectivity index (χ4n) is 5.63. The van der Waals surface area contributed by atoms with Crippen LogP contribution in [0.3, 0.4) is 0 Å². The average molecular weight is 461 g/mol. The molecule has 0 radical (unpaired) electrons. The van der Waals surface area contributed by atoms with Gasteiger partial charge in [-0.2, -0.15) is 4.31 Å². The number of hydrogen-bond donors (Lipinski definition) is 1. The van der Waals surface area contributed by atoms with Crippen LogP contribution < -0.4 is 5.32 Å². The molecule has 0 bridgehead atoms. The number of benzene rings is 1. The van der Waals surface area contributed by atoms with Gasteiger partial charge in [-0.3, -0.25) is 9.69 Å². The van der Waals surface area contributed by atoms with Crippen molar-refractivity contribution >= 4 is 22.0 Å². The Morgan fingerprint density at radius 1 is 0.875 bits per heavy atom. The van der Waals surface area contributed by atoms with Crippen LogP contribution in [0.4, 0.5) is 4.79 Å². The Morgan fingerprint density at radius 2 is 1.56 bits per heavy atom. The van der Waals surface area contributed by atoms with Gasteiger partial charge in [-0.1, -0.05) is 25.3 Å². The Kier molecular flexibility index (Phi) is 5.75. The summed E-state index contributed by atoms with van der Waals surface area (Å²) in [5.74, 6) is -0.119. The topological polar surface area (TPSA) is 90.0 Å². The van der Waals surface area contributed by atoms with Crippen molar-refractivity contribution in [1.29, 1.82) is 0 Å². The summed E-state index contributed by atoms with van der Waals surface area (Å²) in [7, 11) is -3.54. The van der Waals surface area contributed by atoms with Gasteiger partial charge in [0.1, 0.15) is 5.54 Å². The van der Waals surface area contributed by atoms with Crippen LogP contribution in [0.5, 0.6) is 0 Å². The first-order valence-corrected chi connectivity index (χ1v) is 13.3. The molecule has 0 unspecified atom stereocenters. The molecule has 5 rings (SSSR count). The maximum absolute atomic E-state index is 13.2. The summed E-state index contributed by atoms with van der Waals surface area (Å²) in [6, 6.07) is 5.24. The number of urea groups is 1. The van der Waals surface area contributed by atoms with E-state index in [1.54, 1.807) is 6.07 Å². The summed E-state index contributed by atoms with van der Waals surface area (Å²) in [6.45, 7) is 1.92. The summed E-state index contributed by atoms with van der Waals surface area (Å²) in [6.07, 6.45) is 8.68. The number of piperazine rings is 1. The maximum atomic E-state index is 13.2. The third-order valence-corrected chi connectivity index (χ3v) is 9.48. The lowest BCUT2D eigenvalue weighted by Gasteiger charge is -2.36. The van der Waals surface area contributed by atoms with E-state index in [-0.39, 0.29) is 18.6 Å². The quantitative estimate of drug-likeness (QED) is 0.695. The van der Waals surface area contributed by atoms with E-state index >= 15 is 0 Å². The molecular formula is C23H32N4O4S. The lowest BCUT2D eigenvalue weighted by atomic mass is 9.82. The van der Waals surface area contributed by atoms with E-state index in [9.17, 15) is 18.0 Å². The number of carbonyl (C=O) groups excluding carboxylic acids is 2. The highest BCUT2D eigenvalue weighted by molar-refractivity contribution is 7.89. The SMILES string of the molecule is O=C1NC2(CCCCC2)C(=O)N1CN1CCN(S(=O)(=O)c2ccc3c(c2)CCCC3)CC1. The fourth-order valence-corrected chi connectivity index (χ4v) is 7.10. The summed E-state index contributed by atoms with van der Waals surface area (Å²) >= 11 is 0. The van der Waals surface area contributed by atoms with E-state index in [0.717, 1.165) is 44.1 Å². The van der Waals surface area contributed by atoms with Gasteiger partial charge in [0.05, 0.1) is 11.6 Å². The number of sulfonamides is 1. The smallest absolute Gasteiger partial charge is 0.323 e. The molecule has 2 aliphatic carbocycles. The Labute approximate surface area is 190 Å². The predicted molar refractivity (Wildman–Crippen MR) is 119 cm³/mol. The maximum Gasteiger partial charge on any atom is 0.326 e. The number of amides is 3. The molecule has 1 aromatic rings. The van der Waals surface area contributed by atoms with Gasteiger partial charge in [-0.15, -0.1) is 0 Å². The normalized spacial score (nSPS) is 24.6. The number of imide groups is 1. The molecule has 3 amide bonds. The molecule has 32 heavy (non-hydrogen) atoms. The van der Waals surface area contributed by atoms with Crippen LogP contribution in [-0.4, -0.2) is 72.8 Å². The molecule has 3 fully saturated rings. The zero-order valence-corrected chi connectivity index (χ0v) is 19.3. The van der Waals surface area contributed by atoms with Crippen LogP contribution in [0, 0.1) is 0 Å². The summed E-state index contributed by atoms with van der Waals surface area (Å²) in [4.78, 5) is 29.2. The van der Waals surface area contributed by atoms with Crippen LogP contribution in [0.15, 0.2) is 23.1 Å². The van der Waals surface area contributed by atoms with Gasteiger partial charge in [0.15, 0.2) is 0 Å². The third kappa shape index (κ3) is 3.84. The molecule has 2 aliphatic heterocycles. The molecule has 8 nitrogen and oxygen atoms in total. The third-order valence-electron chi connectivity index (χ3n) is 7.58. The summed E-state index contributed by atoms with van der Waals surface area (Å²) < 4.78 is 27.9. The van der Waals surface area contributed by atoms with E-state index in [2.05, 4.69) is 5.32 Å².